The highest BCUT2D eigenvalue weighted by atomic mass is 19.1. The zero-order valence-corrected chi connectivity index (χ0v) is 18.9. The van der Waals surface area contributed by atoms with Crippen LogP contribution in [-0.2, 0) is 5.41 Å². The van der Waals surface area contributed by atoms with E-state index in [0.717, 1.165) is 12.8 Å². The van der Waals surface area contributed by atoms with Crippen LogP contribution in [-0.4, -0.2) is 33.7 Å². The summed E-state index contributed by atoms with van der Waals surface area (Å²) in [5.74, 6) is -0.0733. The van der Waals surface area contributed by atoms with E-state index < -0.39 is 11.2 Å². The highest BCUT2D eigenvalue weighted by Gasteiger charge is 2.46. The van der Waals surface area contributed by atoms with E-state index in [-0.39, 0.29) is 23.3 Å². The van der Waals surface area contributed by atoms with E-state index in [9.17, 15) is 13.6 Å². The number of benzene rings is 1. The predicted octanol–water partition coefficient (Wildman–Crippen LogP) is 4.73. The Morgan fingerprint density at radius 3 is 2.55 bits per heavy atom. The summed E-state index contributed by atoms with van der Waals surface area (Å²) in [6, 6.07) is 10.5. The maximum Gasteiger partial charge on any atom is 0.251 e. The summed E-state index contributed by atoms with van der Waals surface area (Å²) in [7, 11) is 0. The Morgan fingerprint density at radius 1 is 1.12 bits per heavy atom. The number of pyridine rings is 1. The molecule has 0 spiro atoms. The van der Waals surface area contributed by atoms with E-state index in [4.69, 9.17) is 0 Å². The van der Waals surface area contributed by atoms with Crippen LogP contribution in [0.5, 0.6) is 0 Å². The molecule has 1 aromatic carbocycles. The molecule has 0 saturated heterocycles. The molecule has 2 aromatic heterocycles. The summed E-state index contributed by atoms with van der Waals surface area (Å²) in [6.07, 6.45) is 3.27. The third-order valence-electron chi connectivity index (χ3n) is 5.94. The minimum Gasteiger partial charge on any atom is -0.368 e. The Hall–Kier alpha value is -3.42. The number of halogens is 2. The maximum atomic E-state index is 14.4. The third kappa shape index (κ3) is 4.84. The molecule has 0 radical (unpaired) electrons. The first-order valence-corrected chi connectivity index (χ1v) is 11.1. The molecule has 1 saturated carbocycles. The van der Waals surface area contributed by atoms with Gasteiger partial charge in [-0.05, 0) is 75.1 Å². The number of hydrogen-bond acceptors (Lipinski definition) is 5. The van der Waals surface area contributed by atoms with Crippen molar-refractivity contribution < 1.29 is 13.6 Å². The summed E-state index contributed by atoms with van der Waals surface area (Å²) in [4.78, 5) is 16.6. The topological polar surface area (TPSA) is 79.8 Å². The average Bonchev–Trinajstić information content (AvgIpc) is 2.76. The van der Waals surface area contributed by atoms with Crippen LogP contribution in [0.25, 0.3) is 11.3 Å². The van der Waals surface area contributed by atoms with Crippen molar-refractivity contribution in [2.24, 2.45) is 5.92 Å². The van der Waals surface area contributed by atoms with Gasteiger partial charge >= 0.3 is 0 Å². The van der Waals surface area contributed by atoms with Crippen LogP contribution in [0.3, 0.4) is 0 Å². The van der Waals surface area contributed by atoms with E-state index in [2.05, 4.69) is 32.7 Å². The molecule has 1 amide bonds. The molecule has 1 aliphatic rings. The minimum absolute atomic E-state index is 0.0299. The van der Waals surface area contributed by atoms with Gasteiger partial charge in [-0.1, -0.05) is 6.92 Å². The largest absolute Gasteiger partial charge is 0.368 e. The van der Waals surface area contributed by atoms with E-state index in [1.165, 1.54) is 24.3 Å². The van der Waals surface area contributed by atoms with Gasteiger partial charge in [0.05, 0.1) is 11.4 Å². The van der Waals surface area contributed by atoms with E-state index in [1.807, 2.05) is 13.8 Å². The number of carbonyl (C=O) groups is 1. The van der Waals surface area contributed by atoms with Crippen molar-refractivity contribution in [3.63, 3.8) is 0 Å². The highest BCUT2D eigenvalue weighted by Crippen LogP contribution is 2.47. The first kappa shape index (κ1) is 22.8. The summed E-state index contributed by atoms with van der Waals surface area (Å²) >= 11 is 0. The Kier molecular flexibility index (Phi) is 6.35. The zero-order chi connectivity index (χ0) is 23.6. The molecule has 0 bridgehead atoms. The molecule has 2 N–H and O–H groups in total. The van der Waals surface area contributed by atoms with Crippen molar-refractivity contribution in [2.45, 2.75) is 45.1 Å². The van der Waals surface area contributed by atoms with Gasteiger partial charge in [0.1, 0.15) is 17.5 Å². The maximum absolute atomic E-state index is 14.4. The second kappa shape index (κ2) is 9.21. The fraction of sp³-hybridized carbons (Fsp3) is 0.360. The lowest BCUT2D eigenvalue weighted by atomic mass is 9.60. The fourth-order valence-corrected chi connectivity index (χ4v) is 4.51. The summed E-state index contributed by atoms with van der Waals surface area (Å²) < 4.78 is 28.9. The molecule has 0 aliphatic heterocycles. The Labute approximate surface area is 191 Å². The molecule has 1 fully saturated rings. The van der Waals surface area contributed by atoms with Crippen molar-refractivity contribution in [1.29, 1.82) is 0 Å². The summed E-state index contributed by atoms with van der Waals surface area (Å²) in [6.45, 7) is 6.32. The molecule has 33 heavy (non-hydrogen) atoms. The lowest BCUT2D eigenvalue weighted by Crippen LogP contribution is -2.47. The Bertz CT molecular complexity index is 1140. The van der Waals surface area contributed by atoms with E-state index >= 15 is 0 Å². The van der Waals surface area contributed by atoms with Crippen molar-refractivity contribution in [2.75, 3.05) is 11.9 Å². The number of rotatable bonds is 7. The zero-order valence-electron chi connectivity index (χ0n) is 18.9. The number of nitrogens with zero attached hydrogens (tertiary/aromatic N) is 3. The Balaban J connectivity index is 1.50. The van der Waals surface area contributed by atoms with Crippen molar-refractivity contribution in [3.8, 4) is 11.3 Å². The van der Waals surface area contributed by atoms with Crippen LogP contribution in [0.1, 0.15) is 49.7 Å². The van der Waals surface area contributed by atoms with Crippen LogP contribution >= 0.6 is 0 Å². The quantitative estimate of drug-likeness (QED) is 0.543. The number of anilines is 1. The minimum atomic E-state index is -0.487. The Morgan fingerprint density at radius 2 is 1.91 bits per heavy atom. The van der Waals surface area contributed by atoms with Crippen LogP contribution in [0.2, 0.25) is 0 Å². The average molecular weight is 452 g/mol. The van der Waals surface area contributed by atoms with Gasteiger partial charge in [0.2, 0.25) is 0 Å². The molecular formula is C25H27F2N5O. The van der Waals surface area contributed by atoms with E-state index in [1.54, 1.807) is 24.4 Å². The standard InChI is InChI=1S/C25H27F2N5O/c1-15(2)30-24(33)17-6-7-19(26)18(11-17)21-8-9-22(32-31-21)29-14-25(12-16(3)13-25)23-20(27)5-4-10-28-23/h4-11,15-16H,12-14H2,1-3H3,(H,29,32)(H,30,33). The highest BCUT2D eigenvalue weighted by molar-refractivity contribution is 5.95. The third-order valence-corrected chi connectivity index (χ3v) is 5.94. The molecular weight excluding hydrogens is 424 g/mol. The lowest BCUT2D eigenvalue weighted by molar-refractivity contribution is 0.0943. The lowest BCUT2D eigenvalue weighted by Gasteiger charge is -2.46. The fourth-order valence-electron chi connectivity index (χ4n) is 4.51. The van der Waals surface area contributed by atoms with Crippen molar-refractivity contribution in [1.82, 2.24) is 20.5 Å². The second-order valence-electron chi connectivity index (χ2n) is 9.11. The van der Waals surface area contributed by atoms with Gasteiger partial charge in [0.25, 0.3) is 5.91 Å². The monoisotopic (exact) mass is 451 g/mol. The van der Waals surface area contributed by atoms with Gasteiger partial charge in [-0.3, -0.25) is 9.78 Å². The smallest absolute Gasteiger partial charge is 0.251 e. The molecule has 3 aromatic rings. The van der Waals surface area contributed by atoms with Gasteiger partial charge < -0.3 is 10.6 Å². The van der Waals surface area contributed by atoms with Crippen LogP contribution in [0, 0.1) is 17.6 Å². The molecule has 2 heterocycles. The molecule has 1 aliphatic carbocycles. The van der Waals surface area contributed by atoms with Crippen molar-refractivity contribution >= 4 is 11.7 Å². The van der Waals surface area contributed by atoms with Crippen LogP contribution in [0.4, 0.5) is 14.6 Å². The molecule has 172 valence electrons. The van der Waals surface area contributed by atoms with Gasteiger partial charge in [-0.25, -0.2) is 8.78 Å². The van der Waals surface area contributed by atoms with Crippen molar-refractivity contribution in [3.05, 3.63) is 71.6 Å². The predicted molar refractivity (Wildman–Crippen MR) is 123 cm³/mol. The molecule has 4 rings (SSSR count). The SMILES string of the molecule is CC1CC(CNc2ccc(-c3cc(C(=O)NC(C)C)ccc3F)nn2)(c2ncccc2F)C1. The number of nitrogens with one attached hydrogen (secondary N) is 2. The normalized spacial score (nSPS) is 19.8. The first-order chi connectivity index (χ1) is 15.8. The second-order valence-corrected chi connectivity index (χ2v) is 9.11. The molecule has 0 unspecified atom stereocenters. The number of hydrogen-bond donors (Lipinski definition) is 2. The molecule has 6 nitrogen and oxygen atoms in total. The summed E-state index contributed by atoms with van der Waals surface area (Å²) in [5, 5.41) is 14.3. The van der Waals surface area contributed by atoms with Gasteiger partial charge in [0.15, 0.2) is 0 Å². The molecule has 0 atom stereocenters. The number of aromatic nitrogens is 3. The van der Waals surface area contributed by atoms with Gasteiger partial charge in [-0.2, -0.15) is 0 Å². The van der Waals surface area contributed by atoms with Crippen LogP contribution in [0.15, 0.2) is 48.7 Å². The molecule has 8 heteroatoms. The summed E-state index contributed by atoms with van der Waals surface area (Å²) in [5.41, 5.74) is 0.946. The van der Waals surface area contributed by atoms with Gasteiger partial charge in [0, 0.05) is 35.3 Å². The van der Waals surface area contributed by atoms with E-state index in [0.29, 0.717) is 35.2 Å². The van der Waals surface area contributed by atoms with Crippen LogP contribution < -0.4 is 10.6 Å². The van der Waals surface area contributed by atoms with Gasteiger partial charge in [-0.15, -0.1) is 10.2 Å². The number of carbonyl (C=O) groups excluding carboxylic acids is 1. The number of amides is 1. The first-order valence-electron chi connectivity index (χ1n) is 11.1.